The Morgan fingerprint density at radius 2 is 2.04 bits per heavy atom. The molecule has 26 heavy (non-hydrogen) atoms. The van der Waals surface area contributed by atoms with Crippen molar-refractivity contribution >= 4 is 22.2 Å². The minimum atomic E-state index is -0.450. The first-order valence-electron chi connectivity index (χ1n) is 8.41. The lowest BCUT2D eigenvalue weighted by molar-refractivity contribution is 0.238. The zero-order valence-electron chi connectivity index (χ0n) is 14.3. The maximum atomic E-state index is 11.8. The maximum absolute atomic E-state index is 11.8. The minimum Gasteiger partial charge on any atom is -0.332 e. The standard InChI is InChI=1S/C18H19N5O2S/c1-11-2-4-12(5-3-11)19-18-20-13(10-26-18)8-23-7-6-14-15(9-23)21-17(25)22-16(14)24/h2-5,10H,6-9H2,1H3,(H,19,20)(H2,21,22,24,25). The molecule has 3 heterocycles. The monoisotopic (exact) mass is 369 g/mol. The van der Waals surface area contributed by atoms with E-state index in [1.54, 1.807) is 11.3 Å². The van der Waals surface area contributed by atoms with Crippen LogP contribution in [0.4, 0.5) is 10.8 Å². The number of benzene rings is 1. The molecule has 2 aromatic heterocycles. The predicted molar refractivity (Wildman–Crippen MR) is 102 cm³/mol. The summed E-state index contributed by atoms with van der Waals surface area (Å²) in [4.78, 5) is 35.2. The molecule has 0 bridgehead atoms. The Hall–Kier alpha value is -2.71. The number of aromatic amines is 2. The van der Waals surface area contributed by atoms with E-state index >= 15 is 0 Å². The van der Waals surface area contributed by atoms with Crippen molar-refractivity contribution in [3.63, 3.8) is 0 Å². The first-order chi connectivity index (χ1) is 12.6. The van der Waals surface area contributed by atoms with E-state index in [2.05, 4.69) is 44.2 Å². The molecule has 7 nitrogen and oxygen atoms in total. The van der Waals surface area contributed by atoms with Crippen molar-refractivity contribution in [3.05, 3.63) is 73.0 Å². The molecular weight excluding hydrogens is 350 g/mol. The summed E-state index contributed by atoms with van der Waals surface area (Å²) in [5, 5.41) is 6.20. The van der Waals surface area contributed by atoms with Crippen molar-refractivity contribution in [2.75, 3.05) is 11.9 Å². The molecule has 0 unspecified atom stereocenters. The van der Waals surface area contributed by atoms with Crippen molar-refractivity contribution in [2.24, 2.45) is 0 Å². The molecule has 0 fully saturated rings. The number of H-pyrrole nitrogens is 2. The van der Waals surface area contributed by atoms with Gasteiger partial charge in [-0.3, -0.25) is 14.7 Å². The highest BCUT2D eigenvalue weighted by Crippen LogP contribution is 2.23. The number of aromatic nitrogens is 3. The summed E-state index contributed by atoms with van der Waals surface area (Å²) in [7, 11) is 0. The van der Waals surface area contributed by atoms with E-state index in [0.717, 1.165) is 23.1 Å². The molecular formula is C18H19N5O2S. The van der Waals surface area contributed by atoms with Crippen LogP contribution in [0.2, 0.25) is 0 Å². The summed E-state index contributed by atoms with van der Waals surface area (Å²) in [6.45, 7) is 4.05. The zero-order valence-corrected chi connectivity index (χ0v) is 15.2. The number of aryl methyl sites for hydroxylation is 1. The van der Waals surface area contributed by atoms with Gasteiger partial charge in [0.05, 0.1) is 5.69 Å². The summed E-state index contributed by atoms with van der Waals surface area (Å²) >= 11 is 1.57. The molecule has 1 aliphatic rings. The van der Waals surface area contributed by atoms with Gasteiger partial charge in [-0.2, -0.15) is 0 Å². The van der Waals surface area contributed by atoms with Crippen molar-refractivity contribution in [1.82, 2.24) is 19.9 Å². The van der Waals surface area contributed by atoms with Gasteiger partial charge in [0, 0.05) is 42.0 Å². The lowest BCUT2D eigenvalue weighted by atomic mass is 10.1. The Bertz CT molecular complexity index is 1030. The average Bonchev–Trinajstić information content (AvgIpc) is 3.03. The Labute approximate surface area is 153 Å². The fourth-order valence-corrected chi connectivity index (χ4v) is 3.81. The SMILES string of the molecule is Cc1ccc(Nc2nc(CN3CCc4c([nH]c(=O)[nH]c4=O)C3)cs2)cc1. The van der Waals surface area contributed by atoms with E-state index in [4.69, 9.17) is 0 Å². The molecule has 3 aromatic rings. The molecule has 0 amide bonds. The van der Waals surface area contributed by atoms with Crippen LogP contribution in [0.3, 0.4) is 0 Å². The van der Waals surface area contributed by atoms with E-state index < -0.39 is 5.69 Å². The topological polar surface area (TPSA) is 93.9 Å². The number of nitrogens with one attached hydrogen (secondary N) is 3. The Balaban J connectivity index is 1.44. The molecule has 0 saturated carbocycles. The highest BCUT2D eigenvalue weighted by molar-refractivity contribution is 7.13. The number of rotatable bonds is 4. The lowest BCUT2D eigenvalue weighted by Crippen LogP contribution is -2.38. The zero-order chi connectivity index (χ0) is 18.1. The van der Waals surface area contributed by atoms with Crippen LogP contribution < -0.4 is 16.6 Å². The summed E-state index contributed by atoms with van der Waals surface area (Å²) in [6, 6.07) is 8.19. The van der Waals surface area contributed by atoms with Crippen LogP contribution in [0.25, 0.3) is 0 Å². The van der Waals surface area contributed by atoms with Gasteiger partial charge in [-0.05, 0) is 25.5 Å². The molecule has 4 rings (SSSR count). The summed E-state index contributed by atoms with van der Waals surface area (Å²) in [5.74, 6) is 0. The maximum Gasteiger partial charge on any atom is 0.325 e. The average molecular weight is 369 g/mol. The molecule has 134 valence electrons. The van der Waals surface area contributed by atoms with Gasteiger partial charge >= 0.3 is 5.69 Å². The minimum absolute atomic E-state index is 0.276. The third-order valence-electron chi connectivity index (χ3n) is 4.43. The Morgan fingerprint density at radius 1 is 1.23 bits per heavy atom. The van der Waals surface area contributed by atoms with E-state index in [9.17, 15) is 9.59 Å². The second-order valence-corrected chi connectivity index (χ2v) is 7.32. The largest absolute Gasteiger partial charge is 0.332 e. The van der Waals surface area contributed by atoms with Gasteiger partial charge < -0.3 is 10.3 Å². The van der Waals surface area contributed by atoms with Crippen LogP contribution in [-0.2, 0) is 19.5 Å². The van der Waals surface area contributed by atoms with Crippen molar-refractivity contribution in [1.29, 1.82) is 0 Å². The fourth-order valence-electron chi connectivity index (χ4n) is 3.09. The van der Waals surface area contributed by atoms with E-state index in [-0.39, 0.29) is 5.56 Å². The smallest absolute Gasteiger partial charge is 0.325 e. The van der Waals surface area contributed by atoms with Crippen LogP contribution in [-0.4, -0.2) is 26.4 Å². The molecule has 1 aromatic carbocycles. The van der Waals surface area contributed by atoms with E-state index in [1.807, 2.05) is 17.5 Å². The molecule has 1 aliphatic heterocycles. The molecule has 0 aliphatic carbocycles. The highest BCUT2D eigenvalue weighted by Gasteiger charge is 2.20. The van der Waals surface area contributed by atoms with Crippen molar-refractivity contribution in [3.8, 4) is 0 Å². The van der Waals surface area contributed by atoms with Crippen molar-refractivity contribution in [2.45, 2.75) is 26.4 Å². The fraction of sp³-hybridized carbons (Fsp3) is 0.278. The van der Waals surface area contributed by atoms with Crippen LogP contribution in [0.15, 0.2) is 39.2 Å². The Morgan fingerprint density at radius 3 is 2.85 bits per heavy atom. The third kappa shape index (κ3) is 3.61. The summed E-state index contributed by atoms with van der Waals surface area (Å²) in [5.41, 5.74) is 3.87. The van der Waals surface area contributed by atoms with Crippen LogP contribution >= 0.6 is 11.3 Å². The number of thiazole rings is 1. The number of nitrogens with zero attached hydrogens (tertiary/aromatic N) is 2. The quantitative estimate of drug-likeness (QED) is 0.655. The molecule has 3 N–H and O–H groups in total. The number of anilines is 2. The third-order valence-corrected chi connectivity index (χ3v) is 5.24. The number of fused-ring (bicyclic) bond motifs is 1. The van der Waals surface area contributed by atoms with Gasteiger partial charge in [0.1, 0.15) is 0 Å². The normalized spacial score (nSPS) is 14.2. The molecule has 0 spiro atoms. The second-order valence-electron chi connectivity index (χ2n) is 6.46. The first-order valence-corrected chi connectivity index (χ1v) is 9.29. The molecule has 0 radical (unpaired) electrons. The van der Waals surface area contributed by atoms with Gasteiger partial charge in [-0.1, -0.05) is 17.7 Å². The van der Waals surface area contributed by atoms with Crippen LogP contribution in [0, 0.1) is 6.92 Å². The van der Waals surface area contributed by atoms with Crippen LogP contribution in [0.5, 0.6) is 0 Å². The summed E-state index contributed by atoms with van der Waals surface area (Å²) < 4.78 is 0. The van der Waals surface area contributed by atoms with Gasteiger partial charge in [0.2, 0.25) is 0 Å². The first kappa shape index (κ1) is 16.7. The molecule has 8 heteroatoms. The van der Waals surface area contributed by atoms with Crippen LogP contribution in [0.1, 0.15) is 22.5 Å². The lowest BCUT2D eigenvalue weighted by Gasteiger charge is -2.26. The van der Waals surface area contributed by atoms with E-state index in [0.29, 0.717) is 30.8 Å². The van der Waals surface area contributed by atoms with Gasteiger partial charge in [-0.15, -0.1) is 11.3 Å². The molecule has 0 saturated heterocycles. The van der Waals surface area contributed by atoms with E-state index in [1.165, 1.54) is 5.56 Å². The number of hydrogen-bond donors (Lipinski definition) is 3. The Kier molecular flexibility index (Phi) is 4.44. The van der Waals surface area contributed by atoms with Crippen molar-refractivity contribution < 1.29 is 0 Å². The molecule has 0 atom stereocenters. The van der Waals surface area contributed by atoms with Gasteiger partial charge in [0.25, 0.3) is 5.56 Å². The number of hydrogen-bond acceptors (Lipinski definition) is 6. The predicted octanol–water partition coefficient (Wildman–Crippen LogP) is 2.13. The highest BCUT2D eigenvalue weighted by atomic mass is 32.1. The summed E-state index contributed by atoms with van der Waals surface area (Å²) in [6.07, 6.45) is 0.625. The van der Waals surface area contributed by atoms with Gasteiger partial charge in [-0.25, -0.2) is 9.78 Å². The van der Waals surface area contributed by atoms with Gasteiger partial charge in [0.15, 0.2) is 5.13 Å². The second kappa shape index (κ2) is 6.89.